The fourth-order valence-corrected chi connectivity index (χ4v) is 7.55. The van der Waals surface area contributed by atoms with Gasteiger partial charge in [0.05, 0.1) is 0 Å². The van der Waals surface area contributed by atoms with Crippen LogP contribution in [-0.4, -0.2) is 18.3 Å². The molecule has 0 radical (unpaired) electrons. The third-order valence-electron chi connectivity index (χ3n) is 5.19. The summed E-state index contributed by atoms with van der Waals surface area (Å²) < 4.78 is 160. The van der Waals surface area contributed by atoms with Gasteiger partial charge in [-0.05, 0) is 0 Å². The van der Waals surface area contributed by atoms with Crippen molar-refractivity contribution in [2.45, 2.75) is 18.0 Å². The van der Waals surface area contributed by atoms with Crippen molar-refractivity contribution < 1.29 is 60.9 Å². The fourth-order valence-electron chi connectivity index (χ4n) is 3.33. The molecule has 3 aromatic carbocycles. The Morgan fingerprint density at radius 2 is 1.28 bits per heavy atom. The Hall–Kier alpha value is -3.39. The predicted molar refractivity (Wildman–Crippen MR) is 119 cm³/mol. The zero-order chi connectivity index (χ0) is 28.9. The van der Waals surface area contributed by atoms with E-state index in [2.05, 4.69) is 17.7 Å². The molecule has 0 N–H and O–H groups in total. The van der Waals surface area contributed by atoms with Crippen LogP contribution in [0.5, 0.6) is 5.75 Å². The number of hydrogen-bond donors (Lipinski definition) is 0. The molecule has 0 aromatic heterocycles. The van der Waals surface area contributed by atoms with Crippen molar-refractivity contribution in [2.75, 3.05) is 0 Å². The van der Waals surface area contributed by atoms with Crippen LogP contribution in [0.1, 0.15) is 21.5 Å². The minimum absolute atomic E-state index is 0.0160. The van der Waals surface area contributed by atoms with E-state index in [4.69, 9.17) is 0 Å². The van der Waals surface area contributed by atoms with Gasteiger partial charge in [-0.2, -0.15) is 0 Å². The van der Waals surface area contributed by atoms with Crippen LogP contribution < -0.4 is 4.74 Å². The maximum atomic E-state index is 13.7. The number of alkyl halides is 6. The SMILES string of the molecule is O=C(Oc1c(F)c(F)c(F)c(F)c1F)c1ccc(C#CI2OC(C(F)(F)F)(C(F)(F)F)c3ccccc32)cc1. The number of hydrogen-bond acceptors (Lipinski definition) is 3. The van der Waals surface area contributed by atoms with Gasteiger partial charge in [-0.1, -0.05) is 0 Å². The van der Waals surface area contributed by atoms with Gasteiger partial charge in [-0.15, -0.1) is 0 Å². The Labute approximate surface area is 218 Å². The van der Waals surface area contributed by atoms with E-state index in [0.717, 1.165) is 36.4 Å². The molecule has 0 spiro atoms. The molecule has 0 saturated heterocycles. The molecule has 0 unspecified atom stereocenters. The number of ether oxygens (including phenoxy) is 1. The summed E-state index contributed by atoms with van der Waals surface area (Å²) in [6.07, 6.45) is -11.7. The zero-order valence-corrected chi connectivity index (χ0v) is 20.5. The number of rotatable bonds is 2. The molecule has 3 aromatic rings. The first-order valence-corrected chi connectivity index (χ1v) is 13.1. The molecule has 0 amide bonds. The molecule has 0 aliphatic carbocycles. The fraction of sp³-hybridized carbons (Fsp3) is 0.125. The average molecular weight is 680 g/mol. The van der Waals surface area contributed by atoms with E-state index in [-0.39, 0.29) is 9.13 Å². The first kappa shape index (κ1) is 28.6. The summed E-state index contributed by atoms with van der Waals surface area (Å²) >= 11 is -3.87. The monoisotopic (exact) mass is 680 g/mol. The van der Waals surface area contributed by atoms with Gasteiger partial charge in [0.2, 0.25) is 0 Å². The molecule has 15 heteroatoms. The van der Waals surface area contributed by atoms with Gasteiger partial charge >= 0.3 is 214 Å². The molecule has 1 heterocycles. The molecule has 3 nitrogen and oxygen atoms in total. The van der Waals surface area contributed by atoms with Gasteiger partial charge in [-0.3, -0.25) is 0 Å². The molecule has 0 bridgehead atoms. The van der Waals surface area contributed by atoms with Crippen LogP contribution in [-0.2, 0) is 8.67 Å². The number of carbonyl (C=O) groups is 1. The number of benzene rings is 3. The Morgan fingerprint density at radius 1 is 0.769 bits per heavy atom. The Morgan fingerprint density at radius 3 is 1.82 bits per heavy atom. The second kappa shape index (κ2) is 9.97. The summed E-state index contributed by atoms with van der Waals surface area (Å²) in [5, 5.41) is 0. The molecule has 0 fully saturated rings. The Bertz CT molecular complexity index is 1480. The van der Waals surface area contributed by atoms with Crippen molar-refractivity contribution in [2.24, 2.45) is 0 Å². The first-order valence-electron chi connectivity index (χ1n) is 10.1. The van der Waals surface area contributed by atoms with Crippen molar-refractivity contribution in [1.82, 2.24) is 0 Å². The molecule has 206 valence electrons. The summed E-state index contributed by atoms with van der Waals surface area (Å²) in [5.41, 5.74) is -6.12. The molecule has 39 heavy (non-hydrogen) atoms. The standard InChI is InChI=1S/C24H8F11IO3/c25-15-16(26)18(28)20(19(29)17(15)27)38-21(37)12-7-5-11(6-8-12)9-10-36-14-4-2-1-3-13(14)22(39-36,23(30,31)32)24(33,34)35/h1-8H. The van der Waals surface area contributed by atoms with Crippen molar-refractivity contribution >= 4 is 26.2 Å². The van der Waals surface area contributed by atoms with E-state index in [1.54, 1.807) is 0 Å². The van der Waals surface area contributed by atoms with Crippen LogP contribution in [0.25, 0.3) is 0 Å². The summed E-state index contributed by atoms with van der Waals surface area (Å²) in [7, 11) is 0. The van der Waals surface area contributed by atoms with E-state index < -0.39 is 90.1 Å². The van der Waals surface area contributed by atoms with Crippen LogP contribution in [0.15, 0.2) is 48.5 Å². The molecular formula is C24H8F11IO3. The van der Waals surface area contributed by atoms with E-state index in [1.807, 2.05) is 0 Å². The molecule has 0 atom stereocenters. The van der Waals surface area contributed by atoms with Crippen molar-refractivity contribution in [3.8, 4) is 15.6 Å². The van der Waals surface area contributed by atoms with Crippen LogP contribution in [0, 0.1) is 42.5 Å². The van der Waals surface area contributed by atoms with Crippen molar-refractivity contribution in [3.63, 3.8) is 0 Å². The third kappa shape index (κ3) is 4.80. The van der Waals surface area contributed by atoms with Crippen LogP contribution >= 0.6 is 20.2 Å². The first-order chi connectivity index (χ1) is 18.1. The summed E-state index contributed by atoms with van der Waals surface area (Å²) in [5.74, 6) is -12.9. The molecule has 1 aliphatic rings. The zero-order valence-electron chi connectivity index (χ0n) is 18.4. The molecule has 0 saturated carbocycles. The maximum absolute atomic E-state index is 13.7. The van der Waals surface area contributed by atoms with Crippen molar-refractivity contribution in [1.29, 1.82) is 0 Å². The normalized spacial score (nSPS) is 15.4. The minimum atomic E-state index is -5.84. The van der Waals surface area contributed by atoms with Gasteiger partial charge in [0.25, 0.3) is 0 Å². The number of carbonyl (C=O) groups excluding carboxylic acids is 1. The van der Waals surface area contributed by atoms with E-state index >= 15 is 0 Å². The summed E-state index contributed by atoms with van der Waals surface area (Å²) in [6, 6.07) is 7.95. The van der Waals surface area contributed by atoms with Gasteiger partial charge in [0.1, 0.15) is 0 Å². The number of esters is 1. The predicted octanol–water partition coefficient (Wildman–Crippen LogP) is 7.55. The quantitative estimate of drug-likeness (QED) is 0.0534. The topological polar surface area (TPSA) is 35.5 Å². The van der Waals surface area contributed by atoms with E-state index in [1.165, 1.54) is 6.07 Å². The average Bonchev–Trinajstić information content (AvgIpc) is 3.24. The second-order valence-corrected chi connectivity index (χ2v) is 11.1. The molecule has 4 rings (SSSR count). The van der Waals surface area contributed by atoms with Crippen LogP contribution in [0.3, 0.4) is 0 Å². The number of fused-ring (bicyclic) bond motifs is 1. The van der Waals surface area contributed by atoms with Gasteiger partial charge < -0.3 is 0 Å². The summed E-state index contributed by atoms with van der Waals surface area (Å²) in [4.78, 5) is 12.1. The molecular weight excluding hydrogens is 672 g/mol. The van der Waals surface area contributed by atoms with Gasteiger partial charge in [0, 0.05) is 0 Å². The van der Waals surface area contributed by atoms with Gasteiger partial charge in [-0.25, -0.2) is 4.39 Å². The summed E-state index contributed by atoms with van der Waals surface area (Å²) in [6.45, 7) is 0. The number of halogens is 12. The van der Waals surface area contributed by atoms with Gasteiger partial charge in [0.15, 0.2) is 0 Å². The second-order valence-electron chi connectivity index (χ2n) is 7.57. The Kier molecular flexibility index (Phi) is 7.32. The third-order valence-corrected chi connectivity index (χ3v) is 9.05. The van der Waals surface area contributed by atoms with E-state index in [0.29, 0.717) is 6.07 Å². The Balaban J connectivity index is 1.60. The van der Waals surface area contributed by atoms with Crippen molar-refractivity contribution in [3.05, 3.63) is 97.9 Å². The van der Waals surface area contributed by atoms with Crippen LogP contribution in [0.4, 0.5) is 48.3 Å². The molecule has 1 aliphatic heterocycles. The van der Waals surface area contributed by atoms with Crippen LogP contribution in [0.2, 0.25) is 0 Å². The van der Waals surface area contributed by atoms with E-state index in [9.17, 15) is 53.1 Å².